The summed E-state index contributed by atoms with van der Waals surface area (Å²) in [5, 5.41) is 3.84. The standard InChI is InChI=1S/C9H11ClN2.ClH/c10-9-4-7(1-2-12-9)3-8-5-11-6-8;/h1-2,4,8,11H,3,5-6H2;1H. The highest BCUT2D eigenvalue weighted by atomic mass is 35.5. The lowest BCUT2D eigenvalue weighted by atomic mass is 9.95. The normalized spacial score (nSPS) is 16.1. The minimum Gasteiger partial charge on any atom is -0.316 e. The average Bonchev–Trinajstić information content (AvgIpc) is 1.97. The van der Waals surface area contributed by atoms with E-state index in [4.69, 9.17) is 11.6 Å². The van der Waals surface area contributed by atoms with E-state index in [0.29, 0.717) is 5.15 Å². The van der Waals surface area contributed by atoms with Crippen LogP contribution in [0.1, 0.15) is 5.56 Å². The van der Waals surface area contributed by atoms with Gasteiger partial charge in [0, 0.05) is 6.20 Å². The number of hydrogen-bond acceptors (Lipinski definition) is 2. The Bertz CT molecular complexity index is 274. The van der Waals surface area contributed by atoms with Gasteiger partial charge in [-0.3, -0.25) is 0 Å². The lowest BCUT2D eigenvalue weighted by Crippen LogP contribution is -2.43. The Kier molecular flexibility index (Phi) is 3.97. The van der Waals surface area contributed by atoms with E-state index in [9.17, 15) is 0 Å². The Morgan fingerprint density at radius 3 is 2.85 bits per heavy atom. The van der Waals surface area contributed by atoms with Gasteiger partial charge in [0.2, 0.25) is 0 Å². The highest BCUT2D eigenvalue weighted by molar-refractivity contribution is 6.29. The molecule has 0 amide bonds. The Balaban J connectivity index is 0.000000845. The summed E-state index contributed by atoms with van der Waals surface area (Å²) in [5.74, 6) is 0.795. The van der Waals surface area contributed by atoms with Crippen molar-refractivity contribution in [2.75, 3.05) is 13.1 Å². The maximum atomic E-state index is 5.76. The zero-order valence-electron chi connectivity index (χ0n) is 7.16. The third kappa shape index (κ3) is 2.83. The van der Waals surface area contributed by atoms with Crippen LogP contribution in [0.3, 0.4) is 0 Å². The summed E-state index contributed by atoms with van der Waals surface area (Å²) >= 11 is 5.76. The van der Waals surface area contributed by atoms with Gasteiger partial charge in [-0.25, -0.2) is 4.98 Å². The number of aromatic nitrogens is 1. The maximum absolute atomic E-state index is 5.76. The van der Waals surface area contributed by atoms with Gasteiger partial charge in [-0.15, -0.1) is 12.4 Å². The molecule has 0 bridgehead atoms. The minimum absolute atomic E-state index is 0. The fourth-order valence-electron chi connectivity index (χ4n) is 1.40. The van der Waals surface area contributed by atoms with Crippen LogP contribution in [0.2, 0.25) is 5.15 Å². The molecule has 2 nitrogen and oxygen atoms in total. The van der Waals surface area contributed by atoms with E-state index in [1.54, 1.807) is 6.20 Å². The van der Waals surface area contributed by atoms with Gasteiger partial charge < -0.3 is 5.32 Å². The molecule has 0 aromatic carbocycles. The summed E-state index contributed by atoms with van der Waals surface area (Å²) < 4.78 is 0. The van der Waals surface area contributed by atoms with E-state index in [2.05, 4.69) is 10.3 Å². The maximum Gasteiger partial charge on any atom is 0.129 e. The SMILES string of the molecule is Cl.Clc1cc(CC2CNC2)ccn1. The van der Waals surface area contributed by atoms with Crippen molar-refractivity contribution in [3.8, 4) is 0 Å². The minimum atomic E-state index is 0. The van der Waals surface area contributed by atoms with Gasteiger partial charge >= 0.3 is 0 Å². The van der Waals surface area contributed by atoms with Gasteiger partial charge in [0.1, 0.15) is 5.15 Å². The molecule has 1 aliphatic heterocycles. The predicted octanol–water partition coefficient (Wildman–Crippen LogP) is 1.92. The molecule has 0 spiro atoms. The van der Waals surface area contributed by atoms with Gasteiger partial charge in [-0.1, -0.05) is 11.6 Å². The zero-order chi connectivity index (χ0) is 8.39. The van der Waals surface area contributed by atoms with Gasteiger partial charge in [-0.05, 0) is 43.1 Å². The van der Waals surface area contributed by atoms with Gasteiger partial charge in [-0.2, -0.15) is 0 Å². The molecular weight excluding hydrogens is 207 g/mol. The van der Waals surface area contributed by atoms with Crippen molar-refractivity contribution >= 4 is 24.0 Å². The van der Waals surface area contributed by atoms with Crippen molar-refractivity contribution in [2.24, 2.45) is 5.92 Å². The number of nitrogens with zero attached hydrogens (tertiary/aromatic N) is 1. The lowest BCUT2D eigenvalue weighted by molar-refractivity contribution is 0.346. The van der Waals surface area contributed by atoms with Gasteiger partial charge in [0.25, 0.3) is 0 Å². The molecule has 4 heteroatoms. The smallest absolute Gasteiger partial charge is 0.129 e. The largest absolute Gasteiger partial charge is 0.316 e. The van der Waals surface area contributed by atoms with E-state index < -0.39 is 0 Å². The second-order valence-electron chi connectivity index (χ2n) is 3.22. The first-order chi connectivity index (χ1) is 5.84. The summed E-state index contributed by atoms with van der Waals surface area (Å²) in [5.41, 5.74) is 1.29. The summed E-state index contributed by atoms with van der Waals surface area (Å²) in [6, 6.07) is 3.98. The number of halogens is 2. The summed E-state index contributed by atoms with van der Waals surface area (Å²) in [6.45, 7) is 2.28. The second-order valence-corrected chi connectivity index (χ2v) is 3.60. The van der Waals surface area contributed by atoms with Crippen molar-refractivity contribution in [2.45, 2.75) is 6.42 Å². The molecule has 0 unspecified atom stereocenters. The van der Waals surface area contributed by atoms with Crippen LogP contribution in [0.25, 0.3) is 0 Å². The first-order valence-corrected chi connectivity index (χ1v) is 4.53. The fourth-order valence-corrected chi connectivity index (χ4v) is 1.59. The second kappa shape index (κ2) is 4.80. The molecule has 13 heavy (non-hydrogen) atoms. The number of pyridine rings is 1. The van der Waals surface area contributed by atoms with Crippen molar-refractivity contribution in [1.82, 2.24) is 10.3 Å². The van der Waals surface area contributed by atoms with Crippen molar-refractivity contribution < 1.29 is 0 Å². The van der Waals surface area contributed by atoms with E-state index in [1.165, 1.54) is 5.56 Å². The molecule has 2 rings (SSSR count). The van der Waals surface area contributed by atoms with Crippen LogP contribution in [-0.4, -0.2) is 18.1 Å². The van der Waals surface area contributed by atoms with E-state index in [-0.39, 0.29) is 12.4 Å². The number of hydrogen-bond donors (Lipinski definition) is 1. The third-order valence-electron chi connectivity index (χ3n) is 2.18. The lowest BCUT2D eigenvalue weighted by Gasteiger charge is -2.26. The first kappa shape index (κ1) is 10.8. The molecule has 0 atom stereocenters. The van der Waals surface area contributed by atoms with E-state index >= 15 is 0 Å². The van der Waals surface area contributed by atoms with E-state index in [0.717, 1.165) is 25.4 Å². The number of rotatable bonds is 2. The van der Waals surface area contributed by atoms with Crippen LogP contribution in [0.4, 0.5) is 0 Å². The summed E-state index contributed by atoms with van der Waals surface area (Å²) in [4.78, 5) is 3.94. The molecule has 1 saturated heterocycles. The van der Waals surface area contributed by atoms with Gasteiger partial charge in [0.05, 0.1) is 0 Å². The predicted molar refractivity (Wildman–Crippen MR) is 56.6 cm³/mol. The highest BCUT2D eigenvalue weighted by Gasteiger charge is 2.16. The molecule has 0 aliphatic carbocycles. The van der Waals surface area contributed by atoms with Crippen LogP contribution in [0, 0.1) is 5.92 Å². The van der Waals surface area contributed by atoms with Crippen LogP contribution in [0.5, 0.6) is 0 Å². The quantitative estimate of drug-likeness (QED) is 0.768. The molecular formula is C9H12Cl2N2. The monoisotopic (exact) mass is 218 g/mol. The van der Waals surface area contributed by atoms with Crippen LogP contribution >= 0.6 is 24.0 Å². The summed E-state index contributed by atoms with van der Waals surface area (Å²) in [7, 11) is 0. The topological polar surface area (TPSA) is 24.9 Å². The van der Waals surface area contributed by atoms with Crippen LogP contribution < -0.4 is 5.32 Å². The molecule has 2 heterocycles. The van der Waals surface area contributed by atoms with Crippen LogP contribution in [0.15, 0.2) is 18.3 Å². The Morgan fingerprint density at radius 2 is 2.31 bits per heavy atom. The number of nitrogens with one attached hydrogen (secondary N) is 1. The molecule has 0 radical (unpaired) electrons. The Labute approximate surface area is 89.1 Å². The Morgan fingerprint density at radius 1 is 1.54 bits per heavy atom. The molecule has 72 valence electrons. The third-order valence-corrected chi connectivity index (χ3v) is 2.39. The van der Waals surface area contributed by atoms with Gasteiger partial charge in [0.15, 0.2) is 0 Å². The molecule has 1 aromatic rings. The molecule has 1 N–H and O–H groups in total. The average molecular weight is 219 g/mol. The first-order valence-electron chi connectivity index (χ1n) is 4.16. The molecule has 1 fully saturated rings. The van der Waals surface area contributed by atoms with Crippen molar-refractivity contribution in [1.29, 1.82) is 0 Å². The fraction of sp³-hybridized carbons (Fsp3) is 0.444. The van der Waals surface area contributed by atoms with Crippen molar-refractivity contribution in [3.05, 3.63) is 29.0 Å². The zero-order valence-corrected chi connectivity index (χ0v) is 8.74. The molecule has 1 aromatic heterocycles. The summed E-state index contributed by atoms with van der Waals surface area (Å²) in [6.07, 6.45) is 2.89. The van der Waals surface area contributed by atoms with Crippen LogP contribution in [-0.2, 0) is 6.42 Å². The molecule has 0 saturated carbocycles. The highest BCUT2D eigenvalue weighted by Crippen LogP contribution is 2.14. The van der Waals surface area contributed by atoms with E-state index in [1.807, 2.05) is 12.1 Å². The van der Waals surface area contributed by atoms with Crippen molar-refractivity contribution in [3.63, 3.8) is 0 Å². The molecule has 1 aliphatic rings. The Hall–Kier alpha value is -0.310.